The first kappa shape index (κ1) is 15.2. The highest BCUT2D eigenvalue weighted by molar-refractivity contribution is 7.89. The first-order valence-corrected chi connectivity index (χ1v) is 8.64. The molecule has 1 unspecified atom stereocenters. The van der Waals surface area contributed by atoms with E-state index < -0.39 is 10.0 Å². The van der Waals surface area contributed by atoms with Crippen molar-refractivity contribution >= 4 is 10.0 Å². The number of piperidine rings is 1. The van der Waals surface area contributed by atoms with E-state index in [0.717, 1.165) is 39.1 Å². The maximum absolute atomic E-state index is 11.2. The Balaban J connectivity index is 1.60. The van der Waals surface area contributed by atoms with E-state index >= 15 is 0 Å². The number of primary sulfonamides is 1. The van der Waals surface area contributed by atoms with E-state index in [-0.39, 0.29) is 11.5 Å². The third-order valence-electron chi connectivity index (χ3n) is 3.85. The molecule has 2 aliphatic rings. The van der Waals surface area contributed by atoms with Crippen LogP contribution in [-0.4, -0.2) is 57.7 Å². The molecule has 0 saturated carbocycles. The quantitative estimate of drug-likeness (QED) is 0.787. The standard InChI is InChI=1S/C12H24N2O4S/c13-19(15,16)11-4-6-14(7-5-11)8-10-18-12-3-1-2-9-17-12/h11-12H,1-10H2,(H2,13,15,16). The molecule has 0 bridgehead atoms. The lowest BCUT2D eigenvalue weighted by molar-refractivity contribution is -0.164. The largest absolute Gasteiger partial charge is 0.353 e. The van der Waals surface area contributed by atoms with Crippen LogP contribution in [-0.2, 0) is 19.5 Å². The van der Waals surface area contributed by atoms with Crippen LogP contribution < -0.4 is 5.14 Å². The Kier molecular flexibility index (Phi) is 5.58. The van der Waals surface area contributed by atoms with Gasteiger partial charge in [-0.05, 0) is 45.2 Å². The third kappa shape index (κ3) is 5.00. The molecule has 0 aliphatic carbocycles. The van der Waals surface area contributed by atoms with Gasteiger partial charge in [-0.2, -0.15) is 0 Å². The topological polar surface area (TPSA) is 81.9 Å². The Morgan fingerprint density at radius 3 is 2.53 bits per heavy atom. The van der Waals surface area contributed by atoms with Crippen LogP contribution in [0.1, 0.15) is 32.1 Å². The van der Waals surface area contributed by atoms with E-state index in [1.54, 1.807) is 0 Å². The van der Waals surface area contributed by atoms with Crippen molar-refractivity contribution in [3.05, 3.63) is 0 Å². The highest BCUT2D eigenvalue weighted by Crippen LogP contribution is 2.16. The molecular weight excluding hydrogens is 268 g/mol. The van der Waals surface area contributed by atoms with Crippen LogP contribution in [0, 0.1) is 0 Å². The van der Waals surface area contributed by atoms with Crippen LogP contribution in [0.4, 0.5) is 0 Å². The van der Waals surface area contributed by atoms with Crippen LogP contribution in [0.5, 0.6) is 0 Å². The molecule has 0 spiro atoms. The van der Waals surface area contributed by atoms with E-state index in [9.17, 15) is 8.42 Å². The lowest BCUT2D eigenvalue weighted by Crippen LogP contribution is -2.43. The van der Waals surface area contributed by atoms with Gasteiger partial charge >= 0.3 is 0 Å². The highest BCUT2D eigenvalue weighted by Gasteiger charge is 2.27. The van der Waals surface area contributed by atoms with Gasteiger partial charge in [0.05, 0.1) is 11.9 Å². The summed E-state index contributed by atoms with van der Waals surface area (Å²) in [6.07, 6.45) is 4.48. The zero-order valence-corrected chi connectivity index (χ0v) is 12.1. The zero-order valence-electron chi connectivity index (χ0n) is 11.3. The zero-order chi connectivity index (χ0) is 13.7. The molecule has 6 nitrogen and oxygen atoms in total. The second-order valence-corrected chi connectivity index (χ2v) is 7.14. The number of hydrogen-bond acceptors (Lipinski definition) is 5. The van der Waals surface area contributed by atoms with Crippen molar-refractivity contribution in [2.75, 3.05) is 32.8 Å². The Bertz CT molecular complexity index is 360. The van der Waals surface area contributed by atoms with Crippen molar-refractivity contribution in [3.8, 4) is 0 Å². The molecule has 2 rings (SSSR count). The van der Waals surface area contributed by atoms with E-state index in [0.29, 0.717) is 19.4 Å². The van der Waals surface area contributed by atoms with E-state index in [1.165, 1.54) is 6.42 Å². The molecule has 0 radical (unpaired) electrons. The summed E-state index contributed by atoms with van der Waals surface area (Å²) in [4.78, 5) is 2.23. The number of likely N-dealkylation sites (tertiary alicyclic amines) is 1. The molecule has 2 aliphatic heterocycles. The summed E-state index contributed by atoms with van der Waals surface area (Å²) in [6.45, 7) is 3.82. The molecule has 2 heterocycles. The van der Waals surface area contributed by atoms with Gasteiger partial charge in [0.15, 0.2) is 6.29 Å². The SMILES string of the molecule is NS(=O)(=O)C1CCN(CCOC2CCCCO2)CC1. The predicted octanol–water partition coefficient (Wildman–Crippen LogP) is 0.283. The summed E-state index contributed by atoms with van der Waals surface area (Å²) in [5.74, 6) is 0. The Morgan fingerprint density at radius 1 is 1.21 bits per heavy atom. The fraction of sp³-hybridized carbons (Fsp3) is 1.00. The molecule has 7 heteroatoms. The Morgan fingerprint density at radius 2 is 1.95 bits per heavy atom. The predicted molar refractivity (Wildman–Crippen MR) is 72.1 cm³/mol. The molecule has 1 atom stereocenters. The van der Waals surface area contributed by atoms with Crippen molar-refractivity contribution in [2.45, 2.75) is 43.6 Å². The lowest BCUT2D eigenvalue weighted by Gasteiger charge is -2.31. The van der Waals surface area contributed by atoms with E-state index in [4.69, 9.17) is 14.6 Å². The van der Waals surface area contributed by atoms with Gasteiger partial charge in [0, 0.05) is 13.2 Å². The molecule has 0 amide bonds. The fourth-order valence-corrected chi connectivity index (χ4v) is 3.49. The second-order valence-electron chi connectivity index (χ2n) is 5.30. The molecule has 0 aromatic heterocycles. The highest BCUT2D eigenvalue weighted by atomic mass is 32.2. The fourth-order valence-electron chi connectivity index (χ4n) is 2.62. The minimum absolute atomic E-state index is 0.0456. The first-order chi connectivity index (χ1) is 9.05. The van der Waals surface area contributed by atoms with Crippen LogP contribution in [0.3, 0.4) is 0 Å². The summed E-state index contributed by atoms with van der Waals surface area (Å²) in [5, 5.41) is 4.80. The maximum atomic E-state index is 11.2. The monoisotopic (exact) mass is 292 g/mol. The van der Waals surface area contributed by atoms with Gasteiger partial charge < -0.3 is 14.4 Å². The Hall–Kier alpha value is -0.210. The number of hydrogen-bond donors (Lipinski definition) is 1. The van der Waals surface area contributed by atoms with Gasteiger partial charge in [0.1, 0.15) is 0 Å². The molecule has 112 valence electrons. The van der Waals surface area contributed by atoms with Gasteiger partial charge in [-0.3, -0.25) is 0 Å². The molecule has 2 N–H and O–H groups in total. The average Bonchev–Trinajstić information content (AvgIpc) is 2.39. The Labute approximate surface area is 115 Å². The van der Waals surface area contributed by atoms with Crippen molar-refractivity contribution in [1.82, 2.24) is 4.90 Å². The number of ether oxygens (including phenoxy) is 2. The molecule has 0 aromatic rings. The summed E-state index contributed by atoms with van der Waals surface area (Å²) in [6, 6.07) is 0. The molecule has 0 aromatic carbocycles. The average molecular weight is 292 g/mol. The number of nitrogens with two attached hydrogens (primary N) is 1. The molecular formula is C12H24N2O4S. The summed E-state index contributed by atoms with van der Waals surface area (Å²) in [5.41, 5.74) is 0. The summed E-state index contributed by atoms with van der Waals surface area (Å²) < 4.78 is 33.6. The van der Waals surface area contributed by atoms with Gasteiger partial charge in [-0.1, -0.05) is 0 Å². The van der Waals surface area contributed by atoms with Crippen molar-refractivity contribution in [1.29, 1.82) is 0 Å². The van der Waals surface area contributed by atoms with Crippen LogP contribution in [0.15, 0.2) is 0 Å². The summed E-state index contributed by atoms with van der Waals surface area (Å²) >= 11 is 0. The van der Waals surface area contributed by atoms with Crippen molar-refractivity contribution < 1.29 is 17.9 Å². The first-order valence-electron chi connectivity index (χ1n) is 7.03. The van der Waals surface area contributed by atoms with Gasteiger partial charge in [-0.15, -0.1) is 0 Å². The molecule has 19 heavy (non-hydrogen) atoms. The normalized spacial score (nSPS) is 27.5. The van der Waals surface area contributed by atoms with Gasteiger partial charge in [-0.25, -0.2) is 13.6 Å². The molecule has 2 saturated heterocycles. The van der Waals surface area contributed by atoms with Crippen molar-refractivity contribution in [2.24, 2.45) is 5.14 Å². The van der Waals surface area contributed by atoms with E-state index in [2.05, 4.69) is 4.90 Å². The smallest absolute Gasteiger partial charge is 0.212 e. The lowest BCUT2D eigenvalue weighted by atomic mass is 10.1. The second kappa shape index (κ2) is 6.99. The third-order valence-corrected chi connectivity index (χ3v) is 5.25. The maximum Gasteiger partial charge on any atom is 0.212 e. The molecule has 2 fully saturated rings. The van der Waals surface area contributed by atoms with Gasteiger partial charge in [0.2, 0.25) is 10.0 Å². The van der Waals surface area contributed by atoms with Crippen molar-refractivity contribution in [3.63, 3.8) is 0 Å². The van der Waals surface area contributed by atoms with Crippen LogP contribution in [0.25, 0.3) is 0 Å². The van der Waals surface area contributed by atoms with E-state index in [1.807, 2.05) is 0 Å². The number of sulfonamides is 1. The van der Waals surface area contributed by atoms with Crippen LogP contribution in [0.2, 0.25) is 0 Å². The minimum atomic E-state index is -3.36. The summed E-state index contributed by atoms with van der Waals surface area (Å²) in [7, 11) is -3.36. The number of nitrogens with zero attached hydrogens (tertiary/aromatic N) is 1. The van der Waals surface area contributed by atoms with Gasteiger partial charge in [0.25, 0.3) is 0 Å². The minimum Gasteiger partial charge on any atom is -0.353 e. The van der Waals surface area contributed by atoms with Crippen LogP contribution >= 0.6 is 0 Å². The number of rotatable bonds is 5.